The number of fused-ring (bicyclic) bond motifs is 1. The second-order valence-electron chi connectivity index (χ2n) is 7.46. The highest BCUT2D eigenvalue weighted by Crippen LogP contribution is 2.39. The summed E-state index contributed by atoms with van der Waals surface area (Å²) in [6, 6.07) is 5.03. The Morgan fingerprint density at radius 3 is 2.71 bits per heavy atom. The monoisotopic (exact) mass is 438 g/mol. The Labute approximate surface area is 178 Å². The summed E-state index contributed by atoms with van der Waals surface area (Å²) in [5.74, 6) is 0.511. The number of halogens is 2. The third-order valence-electron chi connectivity index (χ3n) is 4.50. The lowest BCUT2D eigenvalue weighted by molar-refractivity contribution is 0.0993. The van der Waals surface area contributed by atoms with E-state index in [2.05, 4.69) is 29.7 Å². The van der Waals surface area contributed by atoms with Gasteiger partial charge in [-0.3, -0.25) is 10.2 Å². The van der Waals surface area contributed by atoms with Crippen LogP contribution in [0.5, 0.6) is 0 Å². The van der Waals surface area contributed by atoms with E-state index >= 15 is 0 Å². The summed E-state index contributed by atoms with van der Waals surface area (Å²) in [6.45, 7) is 6.04. The van der Waals surface area contributed by atoms with Crippen LogP contribution in [0.2, 0.25) is 10.0 Å². The molecule has 6 nitrogen and oxygen atoms in total. The Hall–Kier alpha value is -2.09. The van der Waals surface area contributed by atoms with Crippen LogP contribution < -0.4 is 16.5 Å². The van der Waals surface area contributed by atoms with Crippen molar-refractivity contribution in [2.24, 2.45) is 16.3 Å². The Bertz CT molecular complexity index is 998. The third kappa shape index (κ3) is 4.16. The summed E-state index contributed by atoms with van der Waals surface area (Å²) < 4.78 is 5.95. The maximum Gasteiger partial charge on any atom is 0.291 e. The smallest absolute Gasteiger partial charge is 0.291 e. The van der Waals surface area contributed by atoms with Crippen molar-refractivity contribution in [1.82, 2.24) is 5.43 Å². The van der Waals surface area contributed by atoms with Crippen molar-refractivity contribution in [2.45, 2.75) is 33.6 Å². The highest BCUT2D eigenvalue weighted by atomic mass is 35.5. The molecule has 1 aromatic heterocycles. The van der Waals surface area contributed by atoms with Gasteiger partial charge in [0.15, 0.2) is 10.9 Å². The Morgan fingerprint density at radius 1 is 1.32 bits per heavy atom. The van der Waals surface area contributed by atoms with Gasteiger partial charge in [0.2, 0.25) is 0 Å². The first-order chi connectivity index (χ1) is 13.1. The van der Waals surface area contributed by atoms with E-state index in [1.807, 2.05) is 6.92 Å². The number of furan rings is 1. The molecule has 1 aromatic carbocycles. The van der Waals surface area contributed by atoms with E-state index in [0.717, 1.165) is 11.3 Å². The first-order valence-corrected chi connectivity index (χ1v) is 9.75. The fourth-order valence-electron chi connectivity index (χ4n) is 3.33. The van der Waals surface area contributed by atoms with Gasteiger partial charge in [0, 0.05) is 17.5 Å². The maximum atomic E-state index is 12.8. The van der Waals surface area contributed by atoms with Crippen LogP contribution in [0, 0.1) is 12.3 Å². The van der Waals surface area contributed by atoms with Gasteiger partial charge in [-0.2, -0.15) is 5.10 Å². The predicted octanol–water partition coefficient (Wildman–Crippen LogP) is 4.66. The second-order valence-corrected chi connectivity index (χ2v) is 8.69. The van der Waals surface area contributed by atoms with Gasteiger partial charge in [-0.05, 0) is 43.1 Å². The van der Waals surface area contributed by atoms with E-state index in [4.69, 9.17) is 45.6 Å². The molecule has 0 saturated carbocycles. The molecule has 0 atom stereocenters. The lowest BCUT2D eigenvalue weighted by Crippen LogP contribution is -2.31. The van der Waals surface area contributed by atoms with Gasteiger partial charge in [0.05, 0.1) is 21.4 Å². The van der Waals surface area contributed by atoms with Gasteiger partial charge in [-0.1, -0.05) is 43.1 Å². The van der Waals surface area contributed by atoms with Crippen molar-refractivity contribution in [3.05, 3.63) is 50.9 Å². The Kier molecular flexibility index (Phi) is 5.70. The minimum absolute atomic E-state index is 0.0761. The van der Waals surface area contributed by atoms with Crippen molar-refractivity contribution in [3.63, 3.8) is 0 Å². The molecule has 0 fully saturated rings. The molecule has 0 bridgehead atoms. The van der Waals surface area contributed by atoms with Crippen molar-refractivity contribution in [1.29, 1.82) is 0 Å². The summed E-state index contributed by atoms with van der Waals surface area (Å²) in [5.41, 5.74) is 10.7. The molecule has 4 N–H and O–H groups in total. The van der Waals surface area contributed by atoms with E-state index in [9.17, 15) is 4.79 Å². The van der Waals surface area contributed by atoms with Crippen molar-refractivity contribution in [3.8, 4) is 0 Å². The number of hydrogen-bond donors (Lipinski definition) is 3. The van der Waals surface area contributed by atoms with Crippen molar-refractivity contribution in [2.75, 3.05) is 5.32 Å². The molecule has 0 aliphatic heterocycles. The number of rotatable bonds is 3. The lowest BCUT2D eigenvalue weighted by atomic mass is 9.75. The van der Waals surface area contributed by atoms with E-state index in [-0.39, 0.29) is 21.3 Å². The van der Waals surface area contributed by atoms with E-state index in [1.165, 1.54) is 0 Å². The molecule has 1 aliphatic rings. The zero-order chi connectivity index (χ0) is 20.6. The minimum Gasteiger partial charge on any atom is -0.455 e. The number of nitrogens with one attached hydrogen (secondary N) is 2. The predicted molar refractivity (Wildman–Crippen MR) is 116 cm³/mol. The van der Waals surface area contributed by atoms with Crippen LogP contribution in [0.15, 0.2) is 27.7 Å². The average molecular weight is 439 g/mol. The van der Waals surface area contributed by atoms with Gasteiger partial charge >= 0.3 is 0 Å². The van der Waals surface area contributed by atoms with Crippen LogP contribution in [0.4, 0.5) is 5.69 Å². The number of carbonyl (C=O) groups is 1. The standard InChI is InChI=1S/C19H20Cl2N4O2S/c1-9-14-12(24-25-18(22)28)7-19(2,3)8-13(14)27-16(9)17(26)23-11-6-4-5-10(20)15(11)21/h4-6H,7-8H2,1-3H3,(H,23,26)(H3,22,25,28)/b24-12-. The number of nitrogens with two attached hydrogens (primary N) is 1. The van der Waals surface area contributed by atoms with Crippen molar-refractivity contribution >= 4 is 57.8 Å². The van der Waals surface area contributed by atoms with Crippen LogP contribution >= 0.6 is 35.4 Å². The number of anilines is 1. The largest absolute Gasteiger partial charge is 0.455 e. The third-order valence-corrected chi connectivity index (χ3v) is 5.41. The minimum atomic E-state index is -0.407. The second kappa shape index (κ2) is 7.73. The van der Waals surface area contributed by atoms with Gasteiger partial charge in [0.1, 0.15) is 5.76 Å². The lowest BCUT2D eigenvalue weighted by Gasteiger charge is -2.29. The number of carbonyl (C=O) groups excluding carboxylic acids is 1. The number of thiocarbonyl (C=S) groups is 1. The molecule has 0 radical (unpaired) electrons. The highest BCUT2D eigenvalue weighted by molar-refractivity contribution is 7.80. The van der Waals surface area contributed by atoms with E-state index < -0.39 is 5.91 Å². The SMILES string of the molecule is Cc1c(C(=O)Nc2cccc(Cl)c2Cl)oc2c1/C(=N\NC(N)=S)CC(C)(C)C2. The molecular formula is C19H20Cl2N4O2S. The number of benzene rings is 1. The molecule has 1 heterocycles. The average Bonchev–Trinajstić information content (AvgIpc) is 2.92. The first kappa shape index (κ1) is 20.6. The van der Waals surface area contributed by atoms with E-state index in [0.29, 0.717) is 34.9 Å². The van der Waals surface area contributed by atoms with E-state index in [1.54, 1.807) is 18.2 Å². The first-order valence-electron chi connectivity index (χ1n) is 8.59. The molecule has 1 amide bonds. The molecule has 0 spiro atoms. The van der Waals surface area contributed by atoms with Gasteiger partial charge in [-0.25, -0.2) is 0 Å². The summed E-state index contributed by atoms with van der Waals surface area (Å²) >= 11 is 17.0. The fourth-order valence-corrected chi connectivity index (χ4v) is 3.72. The van der Waals surface area contributed by atoms with Crippen LogP contribution in [-0.4, -0.2) is 16.7 Å². The molecular weight excluding hydrogens is 419 g/mol. The number of amides is 1. The normalized spacial score (nSPS) is 16.5. The number of hydrogen-bond acceptors (Lipinski definition) is 4. The molecule has 9 heteroatoms. The molecule has 3 rings (SSSR count). The zero-order valence-electron chi connectivity index (χ0n) is 15.7. The van der Waals surface area contributed by atoms with Gasteiger partial charge < -0.3 is 15.5 Å². The molecule has 1 aliphatic carbocycles. The summed E-state index contributed by atoms with van der Waals surface area (Å²) in [4.78, 5) is 12.8. The van der Waals surface area contributed by atoms with Gasteiger partial charge in [0.25, 0.3) is 5.91 Å². The quantitative estimate of drug-likeness (QED) is 0.478. The van der Waals surface area contributed by atoms with Crippen LogP contribution in [0.1, 0.15) is 47.7 Å². The maximum absolute atomic E-state index is 12.8. The Morgan fingerprint density at radius 2 is 2.04 bits per heavy atom. The summed E-state index contributed by atoms with van der Waals surface area (Å²) in [7, 11) is 0. The number of nitrogens with zero attached hydrogens (tertiary/aromatic N) is 1. The van der Waals surface area contributed by atoms with Crippen molar-refractivity contribution < 1.29 is 9.21 Å². The van der Waals surface area contributed by atoms with Crippen LogP contribution in [-0.2, 0) is 6.42 Å². The topological polar surface area (TPSA) is 92.6 Å². The molecule has 2 aromatic rings. The van der Waals surface area contributed by atoms with Gasteiger partial charge in [-0.15, -0.1) is 0 Å². The summed E-state index contributed by atoms with van der Waals surface area (Å²) in [5, 5.41) is 7.80. The highest BCUT2D eigenvalue weighted by Gasteiger charge is 2.36. The summed E-state index contributed by atoms with van der Waals surface area (Å²) in [6.07, 6.45) is 1.37. The molecule has 28 heavy (non-hydrogen) atoms. The molecule has 148 valence electrons. The molecule has 0 saturated heterocycles. The Balaban J connectivity index is 1.99. The fraction of sp³-hybridized carbons (Fsp3) is 0.316. The number of hydrazone groups is 1. The zero-order valence-corrected chi connectivity index (χ0v) is 18.0. The molecule has 0 unspecified atom stereocenters. The van der Waals surface area contributed by atoms with Crippen LogP contribution in [0.25, 0.3) is 0 Å². The van der Waals surface area contributed by atoms with Crippen LogP contribution in [0.3, 0.4) is 0 Å².